The Balaban J connectivity index is 2.81. The monoisotopic (exact) mass is 177 g/mol. The van der Waals surface area contributed by atoms with Crippen LogP contribution >= 0.6 is 0 Å². The highest BCUT2D eigenvalue weighted by Gasteiger charge is 2.02. The van der Waals surface area contributed by atoms with Crippen LogP contribution in [0.5, 0.6) is 5.75 Å². The Morgan fingerprint density at radius 1 is 1.25 bits per heavy atom. The van der Waals surface area contributed by atoms with Gasteiger partial charge in [-0.3, -0.25) is 0 Å². The lowest BCUT2D eigenvalue weighted by molar-refractivity contribution is 0.583. The number of aryl methyl sites for hydroxylation is 2. The molecule has 0 amide bonds. The molecule has 0 atom stereocenters. The van der Waals surface area contributed by atoms with Crippen molar-refractivity contribution in [3.63, 3.8) is 0 Å². The molecule has 0 saturated carbocycles. The van der Waals surface area contributed by atoms with Gasteiger partial charge in [-0.05, 0) is 25.0 Å². The maximum atomic E-state index is 5.70. The predicted octanol–water partition coefficient (Wildman–Crippen LogP) is 2.74. The van der Waals surface area contributed by atoms with Crippen molar-refractivity contribution in [3.05, 3.63) is 29.3 Å². The van der Waals surface area contributed by atoms with Crippen LogP contribution in [0, 0.1) is 13.8 Å². The fourth-order valence-corrected chi connectivity index (χ4v) is 1.86. The molecule has 0 aliphatic heterocycles. The van der Waals surface area contributed by atoms with Crippen molar-refractivity contribution < 1.29 is 3.79 Å². The molecule has 0 fully saturated rings. The molecule has 2 heteroatoms. The van der Waals surface area contributed by atoms with Gasteiger partial charge in [0.25, 0.3) is 0 Å². The third-order valence-electron chi connectivity index (χ3n) is 1.78. The molecule has 1 nitrogen and oxygen atoms in total. The standard InChI is InChI=1S/C8H10O.C2H5.Al/c1-6-4-3-5-7(2)8(6)9;1-2;/h3-5,9H,1-2H3;1H2,2H3;/q;;+1/p-1. The summed E-state index contributed by atoms with van der Waals surface area (Å²) in [6.45, 7) is 6.35. The lowest BCUT2D eigenvalue weighted by atomic mass is 10.1. The van der Waals surface area contributed by atoms with E-state index in [0.717, 1.165) is 11.0 Å². The van der Waals surface area contributed by atoms with Crippen molar-refractivity contribution in [1.82, 2.24) is 0 Å². The van der Waals surface area contributed by atoms with Gasteiger partial charge >= 0.3 is 15.6 Å². The quantitative estimate of drug-likeness (QED) is 0.645. The van der Waals surface area contributed by atoms with Gasteiger partial charge in [-0.1, -0.05) is 30.4 Å². The fourth-order valence-electron chi connectivity index (χ4n) is 1.15. The van der Waals surface area contributed by atoms with Gasteiger partial charge in [-0.15, -0.1) is 0 Å². The predicted molar refractivity (Wildman–Crippen MR) is 52.8 cm³/mol. The van der Waals surface area contributed by atoms with E-state index in [4.69, 9.17) is 3.79 Å². The average Bonchev–Trinajstić information content (AvgIpc) is 2.04. The van der Waals surface area contributed by atoms with Crippen molar-refractivity contribution >= 4 is 15.6 Å². The average molecular weight is 177 g/mol. The smallest absolute Gasteiger partial charge is 0.523 e. The zero-order valence-corrected chi connectivity index (χ0v) is 9.08. The second kappa shape index (κ2) is 4.55. The SMILES string of the molecule is C[CH2][Al][O]c1c(C)cccc1C. The first kappa shape index (κ1) is 9.64. The Labute approximate surface area is 80.8 Å². The molecule has 0 heterocycles. The molecular formula is C10H14AlO. The largest absolute Gasteiger partial charge is 0.647 e. The molecule has 0 aromatic heterocycles. The number of benzene rings is 1. The maximum absolute atomic E-state index is 5.70. The van der Waals surface area contributed by atoms with E-state index in [0.29, 0.717) is 0 Å². The van der Waals surface area contributed by atoms with Gasteiger partial charge < -0.3 is 3.79 Å². The molecule has 0 aliphatic carbocycles. The highest BCUT2D eigenvalue weighted by molar-refractivity contribution is 6.28. The lowest BCUT2D eigenvalue weighted by Crippen LogP contribution is -2.02. The van der Waals surface area contributed by atoms with Crippen LogP contribution in [0.25, 0.3) is 0 Å². The molecule has 0 bridgehead atoms. The van der Waals surface area contributed by atoms with Crippen molar-refractivity contribution in [2.75, 3.05) is 0 Å². The second-order valence-electron chi connectivity index (χ2n) is 2.91. The third kappa shape index (κ3) is 2.27. The first-order chi connectivity index (χ1) is 5.75. The van der Waals surface area contributed by atoms with Crippen LogP contribution in [0.2, 0.25) is 5.28 Å². The summed E-state index contributed by atoms with van der Waals surface area (Å²) in [5, 5.41) is 1.15. The summed E-state index contributed by atoms with van der Waals surface area (Å²) < 4.78 is 5.70. The molecule has 63 valence electrons. The molecule has 1 aromatic carbocycles. The van der Waals surface area contributed by atoms with Crippen LogP contribution < -0.4 is 3.79 Å². The molecule has 0 unspecified atom stereocenters. The van der Waals surface area contributed by atoms with Gasteiger partial charge in [0.15, 0.2) is 0 Å². The number of hydrogen-bond donors (Lipinski definition) is 0. The van der Waals surface area contributed by atoms with Crippen molar-refractivity contribution in [1.29, 1.82) is 0 Å². The fraction of sp³-hybridized carbons (Fsp3) is 0.400. The van der Waals surface area contributed by atoms with E-state index in [-0.39, 0.29) is 15.6 Å². The zero-order chi connectivity index (χ0) is 8.97. The number of para-hydroxylation sites is 1. The Morgan fingerprint density at radius 2 is 1.83 bits per heavy atom. The van der Waals surface area contributed by atoms with Gasteiger partial charge in [-0.2, -0.15) is 0 Å². The summed E-state index contributed by atoms with van der Waals surface area (Å²) in [7, 11) is 0. The Kier molecular flexibility index (Phi) is 3.65. The highest BCUT2D eigenvalue weighted by Crippen LogP contribution is 2.21. The van der Waals surface area contributed by atoms with Crippen LogP contribution in [0.4, 0.5) is 0 Å². The van der Waals surface area contributed by atoms with Crippen molar-refractivity contribution in [3.8, 4) is 5.75 Å². The summed E-state index contributed by atoms with van der Waals surface area (Å²) in [5.41, 5.74) is 2.49. The van der Waals surface area contributed by atoms with E-state index in [2.05, 4.69) is 39.0 Å². The van der Waals surface area contributed by atoms with Crippen LogP contribution in [0.3, 0.4) is 0 Å². The zero-order valence-electron chi connectivity index (χ0n) is 7.92. The number of hydrogen-bond acceptors (Lipinski definition) is 1. The summed E-state index contributed by atoms with van der Waals surface area (Å²) in [6.07, 6.45) is 0. The minimum Gasteiger partial charge on any atom is -0.647 e. The first-order valence-corrected chi connectivity index (χ1v) is 5.59. The lowest BCUT2D eigenvalue weighted by Gasteiger charge is -2.11. The second-order valence-corrected chi connectivity index (χ2v) is 4.30. The van der Waals surface area contributed by atoms with Crippen LogP contribution in [0.1, 0.15) is 18.1 Å². The first-order valence-electron chi connectivity index (χ1n) is 4.30. The molecule has 1 aromatic rings. The van der Waals surface area contributed by atoms with E-state index in [1.54, 1.807) is 0 Å². The summed E-state index contributed by atoms with van der Waals surface area (Å²) >= 11 is 0.133. The minimum atomic E-state index is 0.133. The normalized spacial score (nSPS) is 9.58. The summed E-state index contributed by atoms with van der Waals surface area (Å²) in [6, 6.07) is 6.26. The molecule has 0 N–H and O–H groups in total. The number of rotatable bonds is 3. The minimum absolute atomic E-state index is 0.133. The van der Waals surface area contributed by atoms with E-state index in [1.165, 1.54) is 11.1 Å². The van der Waals surface area contributed by atoms with Crippen LogP contribution in [-0.2, 0) is 0 Å². The summed E-state index contributed by atoms with van der Waals surface area (Å²) in [5.74, 6) is 1.09. The third-order valence-corrected chi connectivity index (χ3v) is 2.51. The maximum Gasteiger partial charge on any atom is 0.523 e. The van der Waals surface area contributed by atoms with E-state index in [9.17, 15) is 0 Å². The Hall–Kier alpha value is -0.448. The molecule has 12 heavy (non-hydrogen) atoms. The van der Waals surface area contributed by atoms with Crippen LogP contribution in [-0.4, -0.2) is 15.6 Å². The van der Waals surface area contributed by atoms with E-state index < -0.39 is 0 Å². The van der Waals surface area contributed by atoms with Gasteiger partial charge in [0.2, 0.25) is 0 Å². The molecular weight excluding hydrogens is 163 g/mol. The van der Waals surface area contributed by atoms with Crippen molar-refractivity contribution in [2.24, 2.45) is 0 Å². The van der Waals surface area contributed by atoms with Gasteiger partial charge in [0.05, 0.1) is 5.75 Å². The van der Waals surface area contributed by atoms with Gasteiger partial charge in [0, 0.05) is 0 Å². The Bertz CT molecular complexity index is 238. The summed E-state index contributed by atoms with van der Waals surface area (Å²) in [4.78, 5) is 0. The van der Waals surface area contributed by atoms with E-state index in [1.807, 2.05) is 0 Å². The highest BCUT2D eigenvalue weighted by atomic mass is 27.1. The van der Waals surface area contributed by atoms with Crippen LogP contribution in [0.15, 0.2) is 18.2 Å². The molecule has 1 rings (SSSR count). The molecule has 1 radical (unpaired) electrons. The molecule has 0 spiro atoms. The topological polar surface area (TPSA) is 9.23 Å². The molecule has 0 saturated heterocycles. The van der Waals surface area contributed by atoms with E-state index >= 15 is 0 Å². The van der Waals surface area contributed by atoms with Crippen molar-refractivity contribution in [2.45, 2.75) is 26.1 Å². The Morgan fingerprint density at radius 3 is 2.33 bits per heavy atom. The molecule has 0 aliphatic rings. The van der Waals surface area contributed by atoms with Gasteiger partial charge in [-0.25, -0.2) is 0 Å². The van der Waals surface area contributed by atoms with Gasteiger partial charge in [0.1, 0.15) is 0 Å².